The van der Waals surface area contributed by atoms with Crippen LogP contribution in [-0.4, -0.2) is 21.8 Å². The lowest BCUT2D eigenvalue weighted by atomic mass is 10.00. The molecule has 0 aliphatic rings. The first-order valence-electron chi connectivity index (χ1n) is 6.45. The molecule has 1 unspecified atom stereocenters. The van der Waals surface area contributed by atoms with Crippen LogP contribution in [0.2, 0.25) is 0 Å². The molecule has 0 spiro atoms. The van der Waals surface area contributed by atoms with E-state index in [-0.39, 0.29) is 0 Å². The van der Waals surface area contributed by atoms with Crippen LogP contribution in [0.4, 0.5) is 0 Å². The topological polar surface area (TPSA) is 46.8 Å². The van der Waals surface area contributed by atoms with Gasteiger partial charge in [0, 0.05) is 17.3 Å². The highest BCUT2D eigenvalue weighted by Crippen LogP contribution is 2.32. The fourth-order valence-electron chi connectivity index (χ4n) is 2.40. The van der Waals surface area contributed by atoms with Crippen LogP contribution in [0.1, 0.15) is 22.8 Å². The molecule has 3 aromatic rings. The third-order valence-electron chi connectivity index (χ3n) is 3.43. The Morgan fingerprint density at radius 3 is 2.85 bits per heavy atom. The number of rotatable bonds is 3. The third kappa shape index (κ3) is 2.04. The Morgan fingerprint density at radius 2 is 2.05 bits per heavy atom. The molecule has 4 heteroatoms. The van der Waals surface area contributed by atoms with Crippen LogP contribution < -0.4 is 4.74 Å². The second-order valence-corrected chi connectivity index (χ2v) is 4.78. The molecule has 0 fully saturated rings. The van der Waals surface area contributed by atoms with E-state index in [9.17, 15) is 5.11 Å². The van der Waals surface area contributed by atoms with Crippen LogP contribution in [0.25, 0.3) is 5.52 Å². The number of fused-ring (bicyclic) bond motifs is 1. The lowest BCUT2D eigenvalue weighted by Gasteiger charge is -2.15. The van der Waals surface area contributed by atoms with Crippen molar-refractivity contribution in [3.8, 4) is 5.75 Å². The Balaban J connectivity index is 2.13. The Bertz CT molecular complexity index is 749. The average molecular weight is 268 g/mol. The fraction of sp³-hybridized carbons (Fsp3) is 0.188. The van der Waals surface area contributed by atoms with Crippen molar-refractivity contribution in [1.29, 1.82) is 0 Å². The maximum absolute atomic E-state index is 10.7. The van der Waals surface area contributed by atoms with Gasteiger partial charge in [0.25, 0.3) is 0 Å². The predicted molar refractivity (Wildman–Crippen MR) is 77.0 cm³/mol. The summed E-state index contributed by atoms with van der Waals surface area (Å²) in [4.78, 5) is 0. The molecular formula is C16H16N2O2. The summed E-state index contributed by atoms with van der Waals surface area (Å²) < 4.78 is 7.10. The van der Waals surface area contributed by atoms with E-state index in [4.69, 9.17) is 4.74 Å². The molecule has 0 aliphatic carbocycles. The quantitative estimate of drug-likeness (QED) is 0.794. The normalized spacial score (nSPS) is 12.6. The van der Waals surface area contributed by atoms with Crippen LogP contribution in [0.5, 0.6) is 5.75 Å². The van der Waals surface area contributed by atoms with Crippen LogP contribution in [0, 0.1) is 6.92 Å². The van der Waals surface area contributed by atoms with Gasteiger partial charge in [0.2, 0.25) is 0 Å². The Kier molecular flexibility index (Phi) is 3.16. The predicted octanol–water partition coefficient (Wildman–Crippen LogP) is 2.73. The minimum absolute atomic E-state index is 0.679. The smallest absolute Gasteiger partial charge is 0.125 e. The lowest BCUT2D eigenvalue weighted by molar-refractivity contribution is 0.216. The summed E-state index contributed by atoms with van der Waals surface area (Å²) in [6.45, 7) is 1.99. The number of aliphatic hydroxyl groups excluding tert-OH is 1. The minimum atomic E-state index is -0.759. The highest BCUT2D eigenvalue weighted by atomic mass is 16.5. The van der Waals surface area contributed by atoms with Gasteiger partial charge >= 0.3 is 0 Å². The van der Waals surface area contributed by atoms with Gasteiger partial charge in [-0.15, -0.1) is 0 Å². The number of aromatic nitrogens is 2. The molecule has 0 bridgehead atoms. The number of methoxy groups -OCH3 is 1. The molecule has 1 N–H and O–H groups in total. The first kappa shape index (κ1) is 12.7. The van der Waals surface area contributed by atoms with Gasteiger partial charge < -0.3 is 9.84 Å². The van der Waals surface area contributed by atoms with E-state index in [2.05, 4.69) is 5.10 Å². The van der Waals surface area contributed by atoms with Gasteiger partial charge in [-0.2, -0.15) is 5.10 Å². The van der Waals surface area contributed by atoms with Gasteiger partial charge in [-0.3, -0.25) is 0 Å². The minimum Gasteiger partial charge on any atom is -0.496 e. The van der Waals surface area contributed by atoms with E-state index in [1.54, 1.807) is 17.8 Å². The number of aryl methyl sites for hydroxylation is 1. The van der Waals surface area contributed by atoms with Crippen molar-refractivity contribution in [1.82, 2.24) is 9.61 Å². The molecule has 2 aromatic heterocycles. The monoisotopic (exact) mass is 268 g/mol. The summed E-state index contributed by atoms with van der Waals surface area (Å²) in [6, 6.07) is 11.6. The van der Waals surface area contributed by atoms with Crippen molar-refractivity contribution in [2.45, 2.75) is 13.0 Å². The number of pyridine rings is 1. The van der Waals surface area contributed by atoms with Crippen LogP contribution in [0.3, 0.4) is 0 Å². The number of hydrogen-bond acceptors (Lipinski definition) is 3. The molecule has 0 radical (unpaired) electrons. The van der Waals surface area contributed by atoms with Crippen molar-refractivity contribution in [3.05, 3.63) is 65.5 Å². The van der Waals surface area contributed by atoms with E-state index >= 15 is 0 Å². The first-order valence-corrected chi connectivity index (χ1v) is 6.45. The summed E-state index contributed by atoms with van der Waals surface area (Å²) in [6.07, 6.45) is 2.80. The molecule has 3 rings (SSSR count). The summed E-state index contributed by atoms with van der Waals surface area (Å²) in [5.41, 5.74) is 3.50. The standard InChI is InChI=1S/C16H16N2O2/c1-11-6-7-15(20-2)12(9-11)16(19)13-10-17-18-8-4-3-5-14(13)18/h3-10,16,19H,1-2H3. The van der Waals surface area contributed by atoms with Gasteiger partial charge in [0.15, 0.2) is 0 Å². The number of aliphatic hydroxyl groups is 1. The van der Waals surface area contributed by atoms with Crippen molar-refractivity contribution in [3.63, 3.8) is 0 Å². The Labute approximate surface area is 117 Å². The largest absolute Gasteiger partial charge is 0.496 e. The lowest BCUT2D eigenvalue weighted by Crippen LogP contribution is -2.02. The number of benzene rings is 1. The van der Waals surface area contributed by atoms with Gasteiger partial charge in [0.05, 0.1) is 18.8 Å². The van der Waals surface area contributed by atoms with Crippen molar-refractivity contribution < 1.29 is 9.84 Å². The van der Waals surface area contributed by atoms with Crippen LogP contribution in [-0.2, 0) is 0 Å². The molecule has 0 amide bonds. The second kappa shape index (κ2) is 4.98. The summed E-state index contributed by atoms with van der Waals surface area (Å²) in [5, 5.41) is 14.9. The Morgan fingerprint density at radius 1 is 1.20 bits per heavy atom. The molecule has 102 valence electrons. The van der Waals surface area contributed by atoms with Crippen LogP contribution in [0.15, 0.2) is 48.8 Å². The highest BCUT2D eigenvalue weighted by molar-refractivity contribution is 5.57. The van der Waals surface area contributed by atoms with E-state index < -0.39 is 6.10 Å². The molecule has 0 aliphatic heterocycles. The van der Waals surface area contributed by atoms with Crippen molar-refractivity contribution in [2.24, 2.45) is 0 Å². The van der Waals surface area contributed by atoms with Gasteiger partial charge in [0.1, 0.15) is 11.9 Å². The van der Waals surface area contributed by atoms with E-state index in [0.29, 0.717) is 5.75 Å². The molecular weight excluding hydrogens is 252 g/mol. The zero-order valence-corrected chi connectivity index (χ0v) is 11.4. The summed E-state index contributed by atoms with van der Waals surface area (Å²) in [7, 11) is 1.61. The third-order valence-corrected chi connectivity index (χ3v) is 3.43. The highest BCUT2D eigenvalue weighted by Gasteiger charge is 2.19. The zero-order valence-electron chi connectivity index (χ0n) is 11.4. The Hall–Kier alpha value is -2.33. The molecule has 1 aromatic carbocycles. The molecule has 0 saturated heterocycles. The van der Waals surface area contributed by atoms with Crippen molar-refractivity contribution >= 4 is 5.52 Å². The van der Waals surface area contributed by atoms with Gasteiger partial charge in [-0.1, -0.05) is 17.7 Å². The average Bonchev–Trinajstić information content (AvgIpc) is 2.90. The van der Waals surface area contributed by atoms with Gasteiger partial charge in [-0.05, 0) is 31.2 Å². The van der Waals surface area contributed by atoms with Gasteiger partial charge in [-0.25, -0.2) is 4.52 Å². The van der Waals surface area contributed by atoms with E-state index in [0.717, 1.165) is 22.2 Å². The molecule has 2 heterocycles. The fourth-order valence-corrected chi connectivity index (χ4v) is 2.40. The molecule has 1 atom stereocenters. The number of hydrogen-bond donors (Lipinski definition) is 1. The number of ether oxygens (including phenoxy) is 1. The first-order chi connectivity index (χ1) is 9.70. The maximum Gasteiger partial charge on any atom is 0.125 e. The van der Waals surface area contributed by atoms with Crippen LogP contribution >= 0.6 is 0 Å². The zero-order chi connectivity index (χ0) is 14.1. The van der Waals surface area contributed by atoms with Crippen molar-refractivity contribution in [2.75, 3.05) is 7.11 Å². The van der Waals surface area contributed by atoms with E-state index in [1.807, 2.05) is 49.5 Å². The number of nitrogens with zero attached hydrogens (tertiary/aromatic N) is 2. The SMILES string of the molecule is COc1ccc(C)cc1C(O)c1cnn2ccccc12. The summed E-state index contributed by atoms with van der Waals surface area (Å²) in [5.74, 6) is 0.679. The molecule has 20 heavy (non-hydrogen) atoms. The molecule has 0 saturated carbocycles. The second-order valence-electron chi connectivity index (χ2n) is 4.78. The molecule has 4 nitrogen and oxygen atoms in total. The summed E-state index contributed by atoms with van der Waals surface area (Å²) >= 11 is 0. The maximum atomic E-state index is 10.7. The van der Waals surface area contributed by atoms with E-state index in [1.165, 1.54) is 0 Å².